The second kappa shape index (κ2) is 8.03. The fraction of sp³-hybridized carbons (Fsp3) is 0.591. The van der Waals surface area contributed by atoms with E-state index in [2.05, 4.69) is 4.90 Å². The molecule has 1 aliphatic carbocycles. The Hall–Kier alpha value is -1.85. The molecule has 5 heteroatoms. The third-order valence-electron chi connectivity index (χ3n) is 6.49. The summed E-state index contributed by atoms with van der Waals surface area (Å²) < 4.78 is 11.1. The van der Waals surface area contributed by atoms with E-state index in [0.29, 0.717) is 12.5 Å². The van der Waals surface area contributed by atoms with Gasteiger partial charge in [0, 0.05) is 31.6 Å². The fourth-order valence-electron chi connectivity index (χ4n) is 4.91. The second-order valence-electron chi connectivity index (χ2n) is 7.98. The summed E-state index contributed by atoms with van der Waals surface area (Å²) in [6, 6.07) is 8.56. The maximum atomic E-state index is 13.2. The van der Waals surface area contributed by atoms with Gasteiger partial charge in [-0.15, -0.1) is 0 Å². The molecule has 2 aliphatic rings. The van der Waals surface area contributed by atoms with Gasteiger partial charge >= 0.3 is 0 Å². The maximum Gasteiger partial charge on any atom is 0.227 e. The number of carbonyl (C=O) groups excluding carboxylic acids is 1. The molecule has 1 amide bonds. The summed E-state index contributed by atoms with van der Waals surface area (Å²) in [6.07, 6.45) is 8.03. The molecule has 146 valence electrons. The Morgan fingerprint density at radius 1 is 1.26 bits per heavy atom. The molecule has 0 radical (unpaired) electrons. The lowest BCUT2D eigenvalue weighted by Crippen LogP contribution is -2.55. The first-order valence-corrected chi connectivity index (χ1v) is 10.1. The van der Waals surface area contributed by atoms with E-state index in [1.54, 1.807) is 13.4 Å². The van der Waals surface area contributed by atoms with Gasteiger partial charge in [0.05, 0.1) is 18.8 Å². The molecule has 2 fully saturated rings. The van der Waals surface area contributed by atoms with Crippen molar-refractivity contribution in [2.45, 2.75) is 56.7 Å². The van der Waals surface area contributed by atoms with Crippen LogP contribution in [0.25, 0.3) is 11.0 Å². The zero-order chi connectivity index (χ0) is 18.8. The van der Waals surface area contributed by atoms with Crippen LogP contribution in [0, 0.1) is 0 Å². The maximum absolute atomic E-state index is 13.2. The largest absolute Gasteiger partial charge is 0.464 e. The minimum atomic E-state index is 0.176. The standard InChI is InChI=1S/C22H30N2O3/c1-23(22(25)14-16-6-5-7-21-18(16)10-13-27-21)20-15-17(26-2)8-9-19(20)24-11-3-4-12-24/h5-7,10,13,17,19-20H,3-4,8-9,11-12,14-15H2,1-2H3. The highest BCUT2D eigenvalue weighted by Crippen LogP contribution is 2.31. The van der Waals surface area contributed by atoms with E-state index >= 15 is 0 Å². The van der Waals surface area contributed by atoms with Crippen LogP contribution in [0.5, 0.6) is 0 Å². The molecule has 1 saturated heterocycles. The van der Waals surface area contributed by atoms with E-state index in [0.717, 1.165) is 48.9 Å². The van der Waals surface area contributed by atoms with Crippen LogP contribution in [0.3, 0.4) is 0 Å². The Balaban J connectivity index is 1.51. The second-order valence-corrected chi connectivity index (χ2v) is 7.98. The zero-order valence-corrected chi connectivity index (χ0v) is 16.4. The predicted molar refractivity (Wildman–Crippen MR) is 106 cm³/mol. The van der Waals surface area contributed by atoms with Gasteiger partial charge in [0.2, 0.25) is 5.91 Å². The molecule has 4 rings (SSSR count). The highest BCUT2D eigenvalue weighted by Gasteiger charge is 2.38. The molecule has 2 heterocycles. The van der Waals surface area contributed by atoms with Crippen LogP contribution < -0.4 is 0 Å². The van der Waals surface area contributed by atoms with Crippen LogP contribution in [0.1, 0.15) is 37.7 Å². The third kappa shape index (κ3) is 3.76. The Morgan fingerprint density at radius 2 is 2.07 bits per heavy atom. The third-order valence-corrected chi connectivity index (χ3v) is 6.49. The Labute approximate surface area is 161 Å². The number of hydrogen-bond donors (Lipinski definition) is 0. The fourth-order valence-corrected chi connectivity index (χ4v) is 4.91. The highest BCUT2D eigenvalue weighted by molar-refractivity contribution is 5.87. The lowest BCUT2D eigenvalue weighted by molar-refractivity contribution is -0.134. The first kappa shape index (κ1) is 18.5. The average Bonchev–Trinajstić information content (AvgIpc) is 3.39. The average molecular weight is 370 g/mol. The van der Waals surface area contributed by atoms with Gasteiger partial charge in [-0.05, 0) is 62.9 Å². The lowest BCUT2D eigenvalue weighted by Gasteiger charge is -2.44. The Kier molecular flexibility index (Phi) is 5.50. The van der Waals surface area contributed by atoms with Crippen LogP contribution in [0.2, 0.25) is 0 Å². The number of furan rings is 1. The molecule has 1 aromatic carbocycles. The Morgan fingerprint density at radius 3 is 2.85 bits per heavy atom. The summed E-state index contributed by atoms with van der Waals surface area (Å²) in [6.45, 7) is 2.32. The van der Waals surface area contributed by atoms with Crippen molar-refractivity contribution in [3.63, 3.8) is 0 Å². The number of ether oxygens (including phenoxy) is 1. The minimum Gasteiger partial charge on any atom is -0.464 e. The van der Waals surface area contributed by atoms with E-state index in [1.165, 1.54) is 12.8 Å². The number of likely N-dealkylation sites (tertiary alicyclic amines) is 1. The smallest absolute Gasteiger partial charge is 0.227 e. The summed E-state index contributed by atoms with van der Waals surface area (Å²) in [5.41, 5.74) is 1.88. The number of carbonyl (C=O) groups is 1. The molecule has 27 heavy (non-hydrogen) atoms. The molecule has 1 saturated carbocycles. The molecule has 1 aliphatic heterocycles. The molecular weight excluding hydrogens is 340 g/mol. The molecule has 1 aromatic heterocycles. The van der Waals surface area contributed by atoms with Crippen molar-refractivity contribution in [1.29, 1.82) is 0 Å². The van der Waals surface area contributed by atoms with E-state index in [9.17, 15) is 4.79 Å². The van der Waals surface area contributed by atoms with Crippen molar-refractivity contribution in [1.82, 2.24) is 9.80 Å². The van der Waals surface area contributed by atoms with Crippen LogP contribution in [0.4, 0.5) is 0 Å². The zero-order valence-electron chi connectivity index (χ0n) is 16.4. The van der Waals surface area contributed by atoms with Crippen LogP contribution in [0.15, 0.2) is 34.9 Å². The number of rotatable bonds is 5. The molecule has 3 unspecified atom stereocenters. The number of fused-ring (bicyclic) bond motifs is 1. The van der Waals surface area contributed by atoms with Gasteiger partial charge < -0.3 is 14.1 Å². The van der Waals surface area contributed by atoms with Gasteiger partial charge in [0.25, 0.3) is 0 Å². The van der Waals surface area contributed by atoms with Crippen LogP contribution >= 0.6 is 0 Å². The molecule has 0 bridgehead atoms. The van der Waals surface area contributed by atoms with Crippen molar-refractivity contribution in [3.05, 3.63) is 36.1 Å². The van der Waals surface area contributed by atoms with Gasteiger partial charge in [0.15, 0.2) is 0 Å². The number of methoxy groups -OCH3 is 1. The molecule has 0 N–H and O–H groups in total. The SMILES string of the molecule is COC1CCC(N2CCCC2)C(N(C)C(=O)Cc2cccc3occc23)C1. The van der Waals surface area contributed by atoms with Crippen molar-refractivity contribution in [2.24, 2.45) is 0 Å². The van der Waals surface area contributed by atoms with Gasteiger partial charge in [0.1, 0.15) is 5.58 Å². The van der Waals surface area contributed by atoms with Crippen molar-refractivity contribution >= 4 is 16.9 Å². The number of amides is 1. The van der Waals surface area contributed by atoms with Crippen molar-refractivity contribution < 1.29 is 13.9 Å². The van der Waals surface area contributed by atoms with Gasteiger partial charge in [-0.3, -0.25) is 9.69 Å². The van der Waals surface area contributed by atoms with Gasteiger partial charge in [-0.2, -0.15) is 0 Å². The summed E-state index contributed by atoms with van der Waals surface area (Å²) in [4.78, 5) is 17.8. The first-order valence-electron chi connectivity index (χ1n) is 10.1. The molecular formula is C22H30N2O3. The topological polar surface area (TPSA) is 45.9 Å². The van der Waals surface area contributed by atoms with Crippen molar-refractivity contribution in [2.75, 3.05) is 27.2 Å². The first-order chi connectivity index (χ1) is 13.2. The summed E-state index contributed by atoms with van der Waals surface area (Å²) >= 11 is 0. The van der Waals surface area contributed by atoms with Crippen LogP contribution in [-0.2, 0) is 16.0 Å². The summed E-state index contributed by atoms with van der Waals surface area (Å²) in [5, 5.41) is 1.04. The van der Waals surface area contributed by atoms with Gasteiger partial charge in [-0.1, -0.05) is 12.1 Å². The predicted octanol–water partition coefficient (Wildman–Crippen LogP) is 3.47. The van der Waals surface area contributed by atoms with E-state index in [-0.39, 0.29) is 18.1 Å². The Bertz CT molecular complexity index is 781. The quantitative estimate of drug-likeness (QED) is 0.809. The number of benzene rings is 1. The number of nitrogens with zero attached hydrogens (tertiary/aromatic N) is 2. The van der Waals surface area contributed by atoms with Crippen LogP contribution in [-0.4, -0.2) is 61.1 Å². The molecule has 0 spiro atoms. The summed E-state index contributed by atoms with van der Waals surface area (Å²) in [5.74, 6) is 0.176. The normalized spacial score (nSPS) is 26.5. The number of hydrogen-bond acceptors (Lipinski definition) is 4. The molecule has 5 nitrogen and oxygen atoms in total. The number of likely N-dealkylation sites (N-methyl/N-ethyl adjacent to an activating group) is 1. The highest BCUT2D eigenvalue weighted by atomic mass is 16.5. The lowest BCUT2D eigenvalue weighted by atomic mass is 9.86. The van der Waals surface area contributed by atoms with Crippen molar-refractivity contribution in [3.8, 4) is 0 Å². The molecule has 2 aromatic rings. The molecule has 3 atom stereocenters. The van der Waals surface area contributed by atoms with E-state index in [1.807, 2.05) is 36.2 Å². The van der Waals surface area contributed by atoms with E-state index in [4.69, 9.17) is 9.15 Å². The summed E-state index contributed by atoms with van der Waals surface area (Å²) in [7, 11) is 3.77. The van der Waals surface area contributed by atoms with E-state index < -0.39 is 0 Å². The monoisotopic (exact) mass is 370 g/mol. The van der Waals surface area contributed by atoms with Gasteiger partial charge in [-0.25, -0.2) is 0 Å². The minimum absolute atomic E-state index is 0.176.